The smallest absolute Gasteiger partial charge is 0.277 e. The molecule has 0 atom stereocenters. The van der Waals surface area contributed by atoms with Crippen LogP contribution in [0.1, 0.15) is 20.3 Å². The van der Waals surface area contributed by atoms with Crippen molar-refractivity contribution in [3.63, 3.8) is 0 Å². The summed E-state index contributed by atoms with van der Waals surface area (Å²) in [6.07, 6.45) is 0.187. The molecule has 8 heteroatoms. The number of amides is 1. The molecule has 0 aliphatic carbocycles. The zero-order valence-electron chi connectivity index (χ0n) is 15.3. The molecule has 1 aromatic heterocycles. The van der Waals surface area contributed by atoms with Crippen LogP contribution in [-0.2, 0) is 16.1 Å². The maximum absolute atomic E-state index is 12.4. The van der Waals surface area contributed by atoms with Gasteiger partial charge in [-0.15, -0.1) is 5.10 Å². The van der Waals surface area contributed by atoms with Gasteiger partial charge in [0.05, 0.1) is 25.1 Å². The lowest BCUT2D eigenvalue weighted by molar-refractivity contribution is -0.122. The minimum atomic E-state index is -0.225. The van der Waals surface area contributed by atoms with Crippen LogP contribution in [0.3, 0.4) is 0 Å². The fraction of sp³-hybridized carbons (Fsp3) is 0.556. The van der Waals surface area contributed by atoms with Gasteiger partial charge in [0.25, 0.3) is 5.56 Å². The Labute approximate surface area is 152 Å². The molecule has 26 heavy (non-hydrogen) atoms. The Balaban J connectivity index is 1.54. The maximum Gasteiger partial charge on any atom is 0.277 e. The van der Waals surface area contributed by atoms with Crippen LogP contribution < -0.4 is 10.9 Å². The van der Waals surface area contributed by atoms with E-state index in [1.807, 2.05) is 6.07 Å². The largest absolute Gasteiger partial charge is 0.379 e. The Morgan fingerprint density at radius 3 is 2.77 bits per heavy atom. The third-order valence-corrected chi connectivity index (χ3v) is 4.77. The number of carbonyl (C=O) groups excluding carboxylic acids is 1. The van der Waals surface area contributed by atoms with E-state index in [0.717, 1.165) is 26.3 Å². The highest BCUT2D eigenvalue weighted by Crippen LogP contribution is 2.15. The molecule has 0 bridgehead atoms. The van der Waals surface area contributed by atoms with Gasteiger partial charge in [-0.2, -0.15) is 0 Å². The van der Waals surface area contributed by atoms with Gasteiger partial charge in [-0.1, -0.05) is 17.3 Å². The van der Waals surface area contributed by atoms with Crippen LogP contribution in [0.4, 0.5) is 0 Å². The standard InChI is InChI=1S/C18H25N5O3/c1-18(2,22-9-11-26-12-10-22)13-19-16(24)7-8-23-17(25)14-5-3-4-6-15(14)20-21-23/h3-6H,7-13H2,1-2H3,(H,19,24). The molecule has 1 fully saturated rings. The fourth-order valence-electron chi connectivity index (χ4n) is 3.06. The van der Waals surface area contributed by atoms with Gasteiger partial charge in [-0.3, -0.25) is 14.5 Å². The van der Waals surface area contributed by atoms with Gasteiger partial charge in [0.2, 0.25) is 5.91 Å². The molecule has 1 saturated heterocycles. The first kappa shape index (κ1) is 18.5. The Morgan fingerprint density at radius 1 is 1.27 bits per heavy atom. The molecule has 140 valence electrons. The molecular weight excluding hydrogens is 334 g/mol. The zero-order chi connectivity index (χ0) is 18.6. The van der Waals surface area contributed by atoms with Crippen molar-refractivity contribution >= 4 is 16.8 Å². The quantitative estimate of drug-likeness (QED) is 0.803. The second-order valence-corrected chi connectivity index (χ2v) is 7.07. The number of morpholine rings is 1. The molecule has 2 aromatic rings. The lowest BCUT2D eigenvalue weighted by Gasteiger charge is -2.40. The Bertz CT molecular complexity index is 827. The fourth-order valence-corrected chi connectivity index (χ4v) is 3.06. The lowest BCUT2D eigenvalue weighted by Crippen LogP contribution is -2.55. The van der Waals surface area contributed by atoms with Gasteiger partial charge in [-0.05, 0) is 26.0 Å². The molecule has 1 aromatic carbocycles. The van der Waals surface area contributed by atoms with Crippen LogP contribution in [-0.4, -0.2) is 64.2 Å². The molecular formula is C18H25N5O3. The number of aromatic nitrogens is 3. The zero-order valence-corrected chi connectivity index (χ0v) is 15.3. The summed E-state index contributed by atoms with van der Waals surface area (Å²) in [5, 5.41) is 11.4. The number of aryl methyl sites for hydroxylation is 1. The number of hydrogen-bond donors (Lipinski definition) is 1. The third-order valence-electron chi connectivity index (χ3n) is 4.77. The number of carbonyl (C=O) groups is 1. The maximum atomic E-state index is 12.4. The SMILES string of the molecule is CC(C)(CNC(=O)CCn1nnc2ccccc2c1=O)N1CCOCC1. The summed E-state index contributed by atoms with van der Waals surface area (Å²) in [7, 11) is 0. The van der Waals surface area contributed by atoms with Crippen LogP contribution in [0, 0.1) is 0 Å². The third kappa shape index (κ3) is 4.25. The second-order valence-electron chi connectivity index (χ2n) is 7.07. The van der Waals surface area contributed by atoms with E-state index in [-0.39, 0.29) is 30.0 Å². The summed E-state index contributed by atoms with van der Waals surface area (Å²) in [5.74, 6) is -0.104. The normalized spacial score (nSPS) is 15.9. The minimum absolute atomic E-state index is 0.104. The van der Waals surface area contributed by atoms with E-state index in [0.29, 0.717) is 17.4 Å². The Morgan fingerprint density at radius 2 is 2.00 bits per heavy atom. The molecule has 0 unspecified atom stereocenters. The van der Waals surface area contributed by atoms with Crippen LogP contribution >= 0.6 is 0 Å². The van der Waals surface area contributed by atoms with Crippen molar-refractivity contribution in [3.05, 3.63) is 34.6 Å². The monoisotopic (exact) mass is 359 g/mol. The Hall–Kier alpha value is -2.32. The first-order valence-electron chi connectivity index (χ1n) is 8.89. The summed E-state index contributed by atoms with van der Waals surface area (Å²) in [4.78, 5) is 26.9. The number of rotatable bonds is 6. The van der Waals surface area contributed by atoms with Gasteiger partial charge in [-0.25, -0.2) is 4.68 Å². The van der Waals surface area contributed by atoms with E-state index in [1.165, 1.54) is 4.68 Å². The van der Waals surface area contributed by atoms with Crippen molar-refractivity contribution in [2.75, 3.05) is 32.8 Å². The first-order chi connectivity index (χ1) is 12.5. The topological polar surface area (TPSA) is 89.3 Å². The summed E-state index contributed by atoms with van der Waals surface area (Å²) < 4.78 is 6.62. The average Bonchev–Trinajstić information content (AvgIpc) is 2.67. The molecule has 3 rings (SSSR count). The van der Waals surface area contributed by atoms with Gasteiger partial charge < -0.3 is 10.1 Å². The summed E-state index contributed by atoms with van der Waals surface area (Å²) >= 11 is 0. The van der Waals surface area contributed by atoms with Gasteiger partial charge in [0.1, 0.15) is 5.52 Å². The number of hydrogen-bond acceptors (Lipinski definition) is 6. The second kappa shape index (κ2) is 7.92. The molecule has 8 nitrogen and oxygen atoms in total. The number of ether oxygens (including phenoxy) is 1. The molecule has 1 aliphatic heterocycles. The number of nitrogens with one attached hydrogen (secondary N) is 1. The molecule has 0 saturated carbocycles. The highest BCUT2D eigenvalue weighted by molar-refractivity contribution is 5.77. The molecule has 1 aliphatic rings. The van der Waals surface area contributed by atoms with Crippen LogP contribution in [0.5, 0.6) is 0 Å². The minimum Gasteiger partial charge on any atom is -0.379 e. The number of nitrogens with zero attached hydrogens (tertiary/aromatic N) is 4. The van der Waals surface area contributed by atoms with Crippen molar-refractivity contribution in [2.45, 2.75) is 32.4 Å². The van der Waals surface area contributed by atoms with Crippen molar-refractivity contribution in [1.82, 2.24) is 25.2 Å². The number of benzene rings is 1. The van der Waals surface area contributed by atoms with E-state index < -0.39 is 0 Å². The summed E-state index contributed by atoms with van der Waals surface area (Å²) in [6.45, 7) is 8.15. The van der Waals surface area contributed by atoms with E-state index >= 15 is 0 Å². The van der Waals surface area contributed by atoms with Crippen molar-refractivity contribution in [3.8, 4) is 0 Å². The van der Waals surface area contributed by atoms with Crippen LogP contribution in [0.25, 0.3) is 10.9 Å². The molecule has 0 spiro atoms. The van der Waals surface area contributed by atoms with Gasteiger partial charge >= 0.3 is 0 Å². The van der Waals surface area contributed by atoms with Crippen molar-refractivity contribution in [2.24, 2.45) is 0 Å². The molecule has 1 N–H and O–H groups in total. The first-order valence-corrected chi connectivity index (χ1v) is 8.89. The predicted octanol–water partition coefficient (Wildman–Crippen LogP) is 0.409. The number of fused-ring (bicyclic) bond motifs is 1. The average molecular weight is 359 g/mol. The predicted molar refractivity (Wildman–Crippen MR) is 97.9 cm³/mol. The van der Waals surface area contributed by atoms with E-state index in [2.05, 4.69) is 34.4 Å². The van der Waals surface area contributed by atoms with Crippen LogP contribution in [0.15, 0.2) is 29.1 Å². The van der Waals surface area contributed by atoms with Gasteiger partial charge in [0, 0.05) is 31.6 Å². The lowest BCUT2D eigenvalue weighted by atomic mass is 10.0. The summed E-state index contributed by atoms with van der Waals surface area (Å²) in [6, 6.07) is 7.06. The Kier molecular flexibility index (Phi) is 5.63. The highest BCUT2D eigenvalue weighted by atomic mass is 16.5. The van der Waals surface area contributed by atoms with E-state index in [4.69, 9.17) is 4.74 Å². The van der Waals surface area contributed by atoms with E-state index in [1.54, 1.807) is 18.2 Å². The van der Waals surface area contributed by atoms with Crippen molar-refractivity contribution in [1.29, 1.82) is 0 Å². The highest BCUT2D eigenvalue weighted by Gasteiger charge is 2.28. The van der Waals surface area contributed by atoms with E-state index in [9.17, 15) is 9.59 Å². The van der Waals surface area contributed by atoms with Gasteiger partial charge in [0.15, 0.2) is 0 Å². The van der Waals surface area contributed by atoms with Crippen LogP contribution in [0.2, 0.25) is 0 Å². The molecule has 0 radical (unpaired) electrons. The molecule has 2 heterocycles. The summed E-state index contributed by atoms with van der Waals surface area (Å²) in [5.41, 5.74) is 0.196. The molecule has 1 amide bonds. The van der Waals surface area contributed by atoms with Crippen molar-refractivity contribution < 1.29 is 9.53 Å².